The Balaban J connectivity index is 3.90. The second-order valence-corrected chi connectivity index (χ2v) is 4.98. The number of ether oxygens (including phenoxy) is 1. The van der Waals surface area contributed by atoms with Crippen LogP contribution in [0.1, 0.15) is 0 Å². The van der Waals surface area contributed by atoms with Crippen molar-refractivity contribution in [3.05, 3.63) is 0 Å². The van der Waals surface area contributed by atoms with Gasteiger partial charge in [-0.25, -0.2) is 0 Å². The van der Waals surface area contributed by atoms with Crippen molar-refractivity contribution in [2.75, 3.05) is 7.11 Å². The quantitative estimate of drug-likeness (QED) is 0.453. The molecule has 18 heteroatoms. The van der Waals surface area contributed by atoms with Gasteiger partial charge >= 0.3 is 47.9 Å². The van der Waals surface area contributed by atoms with E-state index in [4.69, 9.17) is 0 Å². The first-order chi connectivity index (χ1) is 11.4. The molecule has 2 nitrogen and oxygen atoms in total. The third-order valence-electron chi connectivity index (χ3n) is 3.39. The number of rotatable bonds is 4. The van der Waals surface area contributed by atoms with Crippen molar-refractivity contribution in [2.24, 2.45) is 0 Å². The average molecular weight is 445 g/mol. The molecule has 0 aromatic rings. The molecule has 1 heterocycles. The maximum atomic E-state index is 13.4. The van der Waals surface area contributed by atoms with Crippen LogP contribution in [0.25, 0.3) is 0 Å². The Morgan fingerprint density at radius 2 is 0.889 bits per heavy atom. The number of alkyl halides is 16. The summed E-state index contributed by atoms with van der Waals surface area (Å²) in [5.41, 5.74) is 0. The summed E-state index contributed by atoms with van der Waals surface area (Å²) in [6.45, 7) is 0. The van der Waals surface area contributed by atoms with Gasteiger partial charge in [-0.1, -0.05) is 0 Å². The zero-order valence-corrected chi connectivity index (χ0v) is 11.9. The molecule has 0 radical (unpaired) electrons. The predicted molar refractivity (Wildman–Crippen MR) is 48.4 cm³/mol. The third-order valence-corrected chi connectivity index (χ3v) is 3.39. The minimum Gasteiger partial charge on any atom is -0.319 e. The Morgan fingerprint density at radius 1 is 0.593 bits per heavy atom. The fourth-order valence-electron chi connectivity index (χ4n) is 1.83. The second-order valence-electron chi connectivity index (χ2n) is 4.98. The van der Waals surface area contributed by atoms with Crippen molar-refractivity contribution in [3.8, 4) is 0 Å². The van der Waals surface area contributed by atoms with Crippen molar-refractivity contribution in [1.82, 2.24) is 4.90 Å². The van der Waals surface area contributed by atoms with Crippen LogP contribution in [0, 0.1) is 0 Å². The molecule has 27 heavy (non-hydrogen) atoms. The molecule has 0 amide bonds. The fourth-order valence-corrected chi connectivity index (χ4v) is 1.83. The molecule has 0 spiro atoms. The maximum Gasteiger partial charge on any atom is 0.427 e. The van der Waals surface area contributed by atoms with Crippen molar-refractivity contribution in [1.29, 1.82) is 0 Å². The standard InChI is InChI=1S/C9H3F16NO/c1-27-9(24,25)5(16,17)8(22,23)26-6(18,19)3(12,13)2(10,11)4(14,15)7(26,20)21/h1H3. The number of piperidine rings is 1. The molecular formula is C9H3F16NO. The Morgan fingerprint density at radius 3 is 1.15 bits per heavy atom. The van der Waals surface area contributed by atoms with Gasteiger partial charge in [-0.2, -0.15) is 70.2 Å². The summed E-state index contributed by atoms with van der Waals surface area (Å²) >= 11 is 0. The molecule has 1 rings (SSSR count). The van der Waals surface area contributed by atoms with Crippen molar-refractivity contribution in [3.63, 3.8) is 0 Å². The van der Waals surface area contributed by atoms with E-state index >= 15 is 0 Å². The largest absolute Gasteiger partial charge is 0.427 e. The van der Waals surface area contributed by atoms with Crippen molar-refractivity contribution >= 4 is 0 Å². The lowest BCUT2D eigenvalue weighted by Gasteiger charge is -2.53. The van der Waals surface area contributed by atoms with Gasteiger partial charge in [-0.05, 0) is 0 Å². The fraction of sp³-hybridized carbons (Fsp3) is 1.00. The summed E-state index contributed by atoms with van der Waals surface area (Å²) in [4.78, 5) is -4.36. The summed E-state index contributed by atoms with van der Waals surface area (Å²) < 4.78 is 212. The lowest BCUT2D eigenvalue weighted by molar-refractivity contribution is -0.557. The zero-order chi connectivity index (χ0) is 22.3. The SMILES string of the molecule is COC(F)(F)C(F)(F)C(F)(F)N1C(F)(F)C(F)(F)C(F)(F)C(F)(F)C1(F)F. The molecule has 0 aromatic carbocycles. The van der Waals surface area contributed by atoms with Crippen LogP contribution in [0.15, 0.2) is 0 Å². The molecule has 0 bridgehead atoms. The van der Waals surface area contributed by atoms with E-state index in [1.165, 1.54) is 0 Å². The first-order valence-corrected chi connectivity index (χ1v) is 5.81. The minimum absolute atomic E-state index is 0.506. The Hall–Kier alpha value is -1.20. The number of hydrogen-bond donors (Lipinski definition) is 0. The summed E-state index contributed by atoms with van der Waals surface area (Å²) in [6.07, 6.45) is -6.67. The van der Waals surface area contributed by atoms with Crippen LogP contribution < -0.4 is 0 Å². The number of likely N-dealkylation sites (tertiary alicyclic amines) is 1. The predicted octanol–water partition coefficient (Wildman–Crippen LogP) is 4.86. The molecule has 0 aromatic heterocycles. The van der Waals surface area contributed by atoms with Crippen LogP contribution in [0.4, 0.5) is 70.2 Å². The van der Waals surface area contributed by atoms with E-state index < -0.39 is 59.9 Å². The van der Waals surface area contributed by atoms with Crippen LogP contribution >= 0.6 is 0 Å². The highest BCUT2D eigenvalue weighted by molar-refractivity contribution is 5.17. The van der Waals surface area contributed by atoms with Crippen molar-refractivity contribution < 1.29 is 75.0 Å². The maximum absolute atomic E-state index is 13.4. The average Bonchev–Trinajstić information content (AvgIpc) is 2.43. The zero-order valence-electron chi connectivity index (χ0n) is 11.9. The first-order valence-electron chi connectivity index (χ1n) is 5.81. The van der Waals surface area contributed by atoms with Gasteiger partial charge in [0.1, 0.15) is 0 Å². The van der Waals surface area contributed by atoms with Crippen LogP contribution in [-0.2, 0) is 4.74 Å². The van der Waals surface area contributed by atoms with E-state index in [9.17, 15) is 70.2 Å². The van der Waals surface area contributed by atoms with Gasteiger partial charge in [0.05, 0.1) is 0 Å². The number of methoxy groups -OCH3 is 1. The van der Waals surface area contributed by atoms with Gasteiger partial charge in [0.25, 0.3) is 0 Å². The van der Waals surface area contributed by atoms with E-state index in [1.54, 1.807) is 0 Å². The molecule has 0 N–H and O–H groups in total. The highest BCUT2D eigenvalue weighted by atomic mass is 19.4. The Kier molecular flexibility index (Phi) is 4.81. The van der Waals surface area contributed by atoms with Crippen LogP contribution in [0.5, 0.6) is 0 Å². The highest BCUT2D eigenvalue weighted by Gasteiger charge is 2.99. The topological polar surface area (TPSA) is 12.5 Å². The smallest absolute Gasteiger partial charge is 0.319 e. The van der Waals surface area contributed by atoms with Crippen LogP contribution in [0.3, 0.4) is 0 Å². The van der Waals surface area contributed by atoms with E-state index in [0.717, 1.165) is 0 Å². The lowest BCUT2D eigenvalue weighted by Crippen LogP contribution is -2.86. The third kappa shape index (κ3) is 2.37. The summed E-state index contributed by atoms with van der Waals surface area (Å²) in [5.74, 6) is -31.1. The molecule has 162 valence electrons. The minimum atomic E-state index is -7.97. The Labute approximate surface area is 136 Å². The van der Waals surface area contributed by atoms with E-state index in [-0.39, 0.29) is 0 Å². The molecule has 1 saturated heterocycles. The molecule has 1 fully saturated rings. The summed E-state index contributed by atoms with van der Waals surface area (Å²) in [6, 6.07) is -23.7. The summed E-state index contributed by atoms with van der Waals surface area (Å²) in [5, 5.41) is 0. The number of halogens is 16. The van der Waals surface area contributed by atoms with Gasteiger partial charge in [0.2, 0.25) is 0 Å². The monoisotopic (exact) mass is 445 g/mol. The van der Waals surface area contributed by atoms with Gasteiger partial charge in [0, 0.05) is 7.11 Å². The van der Waals surface area contributed by atoms with E-state index in [2.05, 4.69) is 4.74 Å². The summed E-state index contributed by atoms with van der Waals surface area (Å²) in [7, 11) is -0.506. The van der Waals surface area contributed by atoms with Gasteiger partial charge in [-0.3, -0.25) is 0 Å². The van der Waals surface area contributed by atoms with E-state index in [1.807, 2.05) is 0 Å². The number of hydrogen-bond acceptors (Lipinski definition) is 2. The Bertz CT molecular complexity index is 567. The molecule has 0 unspecified atom stereocenters. The highest BCUT2D eigenvalue weighted by Crippen LogP contribution is 2.68. The molecule has 0 aliphatic carbocycles. The van der Waals surface area contributed by atoms with E-state index in [0.29, 0.717) is 0 Å². The van der Waals surface area contributed by atoms with Crippen LogP contribution in [0.2, 0.25) is 0 Å². The number of nitrogens with zero attached hydrogens (tertiary/aromatic N) is 1. The van der Waals surface area contributed by atoms with Crippen LogP contribution in [-0.4, -0.2) is 59.9 Å². The molecular weight excluding hydrogens is 442 g/mol. The van der Waals surface area contributed by atoms with Gasteiger partial charge in [0.15, 0.2) is 0 Å². The van der Waals surface area contributed by atoms with Gasteiger partial charge in [-0.15, -0.1) is 4.90 Å². The molecule has 0 saturated carbocycles. The lowest BCUT2D eigenvalue weighted by atomic mass is 9.92. The molecule has 1 aliphatic heterocycles. The van der Waals surface area contributed by atoms with Gasteiger partial charge < -0.3 is 4.74 Å². The second kappa shape index (κ2) is 5.44. The molecule has 1 aliphatic rings. The normalized spacial score (nSPS) is 27.4. The first kappa shape index (κ1) is 23.8. The van der Waals surface area contributed by atoms with Crippen molar-refractivity contribution in [2.45, 2.75) is 47.9 Å². The molecule has 0 atom stereocenters.